The first kappa shape index (κ1) is 11.0. The number of rotatable bonds is 4. The summed E-state index contributed by atoms with van der Waals surface area (Å²) in [5.41, 5.74) is 4.58. The molecule has 6 heteroatoms. The van der Waals surface area contributed by atoms with E-state index in [0.29, 0.717) is 0 Å². The summed E-state index contributed by atoms with van der Waals surface area (Å²) in [6.07, 6.45) is 0. The topological polar surface area (TPSA) is 89.6 Å². The number of amides is 1. The monoisotopic (exact) mass is 213 g/mol. The molecular weight excluding hydrogens is 205 g/mol. The van der Waals surface area contributed by atoms with E-state index in [9.17, 15) is 14.0 Å². The van der Waals surface area contributed by atoms with Crippen LogP contribution in [0.3, 0.4) is 0 Å². The molecule has 1 aromatic rings. The quantitative estimate of drug-likeness (QED) is 0.756. The summed E-state index contributed by atoms with van der Waals surface area (Å²) < 4.78 is 17.5. The fraction of sp³-hybridized carbons (Fsp3) is 0.111. The number of ether oxygens (including phenoxy) is 1. The van der Waals surface area contributed by atoms with Gasteiger partial charge in [0.2, 0.25) is 0 Å². The van der Waals surface area contributed by atoms with Crippen molar-refractivity contribution < 1.29 is 23.8 Å². The number of carboxylic acids is 1. The van der Waals surface area contributed by atoms with Crippen molar-refractivity contribution in [3.8, 4) is 5.75 Å². The molecule has 0 spiro atoms. The second-order valence-corrected chi connectivity index (χ2v) is 2.70. The summed E-state index contributed by atoms with van der Waals surface area (Å²) in [4.78, 5) is 21.1. The first-order valence-corrected chi connectivity index (χ1v) is 3.94. The zero-order valence-corrected chi connectivity index (χ0v) is 7.57. The molecule has 0 aliphatic heterocycles. The lowest BCUT2D eigenvalue weighted by Crippen LogP contribution is -2.20. The Hall–Kier alpha value is -2.11. The van der Waals surface area contributed by atoms with Crippen LogP contribution < -0.4 is 10.5 Å². The molecule has 0 aliphatic rings. The average molecular weight is 213 g/mol. The molecule has 0 aliphatic carbocycles. The van der Waals surface area contributed by atoms with Gasteiger partial charge in [-0.3, -0.25) is 4.79 Å². The molecule has 0 heterocycles. The maximum atomic E-state index is 12.7. The van der Waals surface area contributed by atoms with Crippen LogP contribution in [0.2, 0.25) is 0 Å². The number of primary amides is 1. The minimum Gasteiger partial charge on any atom is -0.483 e. The maximum absolute atomic E-state index is 12.7. The Morgan fingerprint density at radius 1 is 1.47 bits per heavy atom. The molecule has 0 bridgehead atoms. The van der Waals surface area contributed by atoms with E-state index in [4.69, 9.17) is 15.6 Å². The van der Waals surface area contributed by atoms with Crippen LogP contribution in [0.5, 0.6) is 5.75 Å². The van der Waals surface area contributed by atoms with E-state index in [0.717, 1.165) is 18.2 Å². The molecule has 1 rings (SSSR count). The number of aromatic carboxylic acids is 1. The minimum atomic E-state index is -1.27. The molecule has 0 saturated heterocycles. The van der Waals surface area contributed by atoms with Gasteiger partial charge in [0.05, 0.1) is 0 Å². The Kier molecular flexibility index (Phi) is 3.22. The van der Waals surface area contributed by atoms with Crippen molar-refractivity contribution in [2.24, 2.45) is 5.73 Å². The van der Waals surface area contributed by atoms with E-state index >= 15 is 0 Å². The van der Waals surface area contributed by atoms with E-state index in [1.165, 1.54) is 0 Å². The molecule has 0 fully saturated rings. The van der Waals surface area contributed by atoms with Crippen molar-refractivity contribution in [3.63, 3.8) is 0 Å². The van der Waals surface area contributed by atoms with Gasteiger partial charge in [0.1, 0.15) is 17.1 Å². The van der Waals surface area contributed by atoms with Gasteiger partial charge in [0, 0.05) is 6.07 Å². The number of hydrogen-bond acceptors (Lipinski definition) is 3. The second-order valence-electron chi connectivity index (χ2n) is 2.70. The van der Waals surface area contributed by atoms with Gasteiger partial charge in [-0.15, -0.1) is 0 Å². The average Bonchev–Trinajstić information content (AvgIpc) is 2.14. The van der Waals surface area contributed by atoms with Crippen molar-refractivity contribution >= 4 is 11.9 Å². The molecule has 0 radical (unpaired) electrons. The summed E-state index contributed by atoms with van der Waals surface area (Å²) in [6, 6.07) is 2.92. The molecular formula is C9H8FNO4. The Bertz CT molecular complexity index is 405. The molecule has 0 unspecified atom stereocenters. The Morgan fingerprint density at radius 3 is 2.67 bits per heavy atom. The summed E-state index contributed by atoms with van der Waals surface area (Å²) in [5, 5.41) is 8.70. The van der Waals surface area contributed by atoms with Crippen LogP contribution in [0.1, 0.15) is 10.4 Å². The predicted molar refractivity (Wildman–Crippen MR) is 48.0 cm³/mol. The lowest BCUT2D eigenvalue weighted by atomic mass is 10.2. The van der Waals surface area contributed by atoms with Gasteiger partial charge in [0.25, 0.3) is 5.91 Å². The molecule has 3 N–H and O–H groups in total. The standard InChI is InChI=1S/C9H8FNO4/c10-5-1-2-6(9(13)14)7(3-5)15-4-8(11)12/h1-3H,4H2,(H2,11,12)(H,13,14). The Labute approximate surface area is 84.3 Å². The number of carbonyl (C=O) groups excluding carboxylic acids is 1. The summed E-state index contributed by atoms with van der Waals surface area (Å²) in [6.45, 7) is -0.496. The van der Waals surface area contributed by atoms with Crippen molar-refractivity contribution in [2.45, 2.75) is 0 Å². The van der Waals surface area contributed by atoms with Gasteiger partial charge in [-0.05, 0) is 12.1 Å². The van der Waals surface area contributed by atoms with Gasteiger partial charge in [-0.2, -0.15) is 0 Å². The number of nitrogens with two attached hydrogens (primary N) is 1. The maximum Gasteiger partial charge on any atom is 0.339 e. The van der Waals surface area contributed by atoms with Crippen LogP contribution in [-0.2, 0) is 4.79 Å². The molecule has 0 aromatic heterocycles. The van der Waals surface area contributed by atoms with Crippen LogP contribution in [0.15, 0.2) is 18.2 Å². The normalized spacial score (nSPS) is 9.67. The third kappa shape index (κ3) is 2.94. The fourth-order valence-electron chi connectivity index (χ4n) is 0.941. The lowest BCUT2D eigenvalue weighted by Gasteiger charge is -2.06. The lowest BCUT2D eigenvalue weighted by molar-refractivity contribution is -0.119. The molecule has 0 saturated carbocycles. The zero-order valence-electron chi connectivity index (χ0n) is 7.57. The summed E-state index contributed by atoms with van der Waals surface area (Å²) in [7, 11) is 0. The van der Waals surface area contributed by atoms with E-state index < -0.39 is 24.3 Å². The van der Waals surface area contributed by atoms with Crippen molar-refractivity contribution in [3.05, 3.63) is 29.6 Å². The molecule has 80 valence electrons. The Balaban J connectivity index is 2.96. The summed E-state index contributed by atoms with van der Waals surface area (Å²) >= 11 is 0. The fourth-order valence-corrected chi connectivity index (χ4v) is 0.941. The largest absolute Gasteiger partial charge is 0.483 e. The molecule has 15 heavy (non-hydrogen) atoms. The highest BCUT2D eigenvalue weighted by molar-refractivity contribution is 5.91. The first-order valence-electron chi connectivity index (χ1n) is 3.94. The van der Waals surface area contributed by atoms with E-state index in [-0.39, 0.29) is 11.3 Å². The number of hydrogen-bond donors (Lipinski definition) is 2. The third-order valence-electron chi connectivity index (χ3n) is 1.54. The van der Waals surface area contributed by atoms with Gasteiger partial charge in [-0.1, -0.05) is 0 Å². The molecule has 1 aromatic carbocycles. The number of carbonyl (C=O) groups is 2. The zero-order chi connectivity index (χ0) is 11.4. The van der Waals surface area contributed by atoms with E-state index in [1.807, 2.05) is 0 Å². The van der Waals surface area contributed by atoms with Gasteiger partial charge in [-0.25, -0.2) is 9.18 Å². The predicted octanol–water partition coefficient (Wildman–Crippen LogP) is 0.388. The summed E-state index contributed by atoms with van der Waals surface area (Å²) in [5.74, 6) is -2.91. The third-order valence-corrected chi connectivity index (χ3v) is 1.54. The second kappa shape index (κ2) is 4.41. The van der Waals surface area contributed by atoms with Crippen LogP contribution >= 0.6 is 0 Å². The number of halogens is 1. The Morgan fingerprint density at radius 2 is 2.13 bits per heavy atom. The number of benzene rings is 1. The van der Waals surface area contributed by atoms with E-state index in [2.05, 4.69) is 0 Å². The highest BCUT2D eigenvalue weighted by atomic mass is 19.1. The van der Waals surface area contributed by atoms with Gasteiger partial charge in [0.15, 0.2) is 6.61 Å². The van der Waals surface area contributed by atoms with Crippen molar-refractivity contribution in [1.82, 2.24) is 0 Å². The smallest absolute Gasteiger partial charge is 0.339 e. The molecule has 1 amide bonds. The van der Waals surface area contributed by atoms with Crippen LogP contribution in [-0.4, -0.2) is 23.6 Å². The minimum absolute atomic E-state index is 0.221. The van der Waals surface area contributed by atoms with Crippen molar-refractivity contribution in [1.29, 1.82) is 0 Å². The molecule has 5 nitrogen and oxygen atoms in total. The first-order chi connectivity index (χ1) is 7.00. The van der Waals surface area contributed by atoms with Gasteiger partial charge < -0.3 is 15.6 Å². The SMILES string of the molecule is NC(=O)COc1cc(F)ccc1C(=O)O. The molecule has 0 atom stereocenters. The van der Waals surface area contributed by atoms with Crippen molar-refractivity contribution in [2.75, 3.05) is 6.61 Å². The number of carboxylic acid groups (broad SMARTS) is 1. The van der Waals surface area contributed by atoms with Crippen LogP contribution in [0.4, 0.5) is 4.39 Å². The van der Waals surface area contributed by atoms with Crippen LogP contribution in [0.25, 0.3) is 0 Å². The highest BCUT2D eigenvalue weighted by Gasteiger charge is 2.12. The van der Waals surface area contributed by atoms with E-state index in [1.54, 1.807) is 0 Å². The highest BCUT2D eigenvalue weighted by Crippen LogP contribution is 2.19. The van der Waals surface area contributed by atoms with Crippen LogP contribution in [0, 0.1) is 5.82 Å². The van der Waals surface area contributed by atoms with Gasteiger partial charge >= 0.3 is 5.97 Å².